The maximum absolute atomic E-state index is 12.6. The number of amides is 1. The molecule has 8 nitrogen and oxygen atoms in total. The highest BCUT2D eigenvalue weighted by molar-refractivity contribution is 9.10. The lowest BCUT2D eigenvalue weighted by atomic mass is 10.1. The maximum atomic E-state index is 12.6. The van der Waals surface area contributed by atoms with Gasteiger partial charge in [0.25, 0.3) is 5.91 Å². The Bertz CT molecular complexity index is 1050. The van der Waals surface area contributed by atoms with Crippen LogP contribution in [0.1, 0.15) is 19.4 Å². The Morgan fingerprint density at radius 1 is 1.16 bits per heavy atom. The van der Waals surface area contributed by atoms with E-state index in [1.807, 2.05) is 13.0 Å². The second-order valence-electron chi connectivity index (χ2n) is 6.21. The SMILES string of the molecule is CCOC(=O)COc1c(Br)cc(/C=C(/C#N)C(=O)Nc2cccc(OCC)c2)cc1OC. The number of anilines is 1. The molecule has 1 amide bonds. The second kappa shape index (κ2) is 12.4. The lowest BCUT2D eigenvalue weighted by Gasteiger charge is -2.13. The molecule has 0 heterocycles. The van der Waals surface area contributed by atoms with Crippen LogP contribution < -0.4 is 19.5 Å². The van der Waals surface area contributed by atoms with Crippen LogP contribution in [-0.2, 0) is 14.3 Å². The fourth-order valence-electron chi connectivity index (χ4n) is 2.64. The summed E-state index contributed by atoms with van der Waals surface area (Å²) in [5.41, 5.74) is 0.913. The number of methoxy groups -OCH3 is 1. The minimum absolute atomic E-state index is 0.110. The Balaban J connectivity index is 2.23. The molecule has 0 fully saturated rings. The predicted octanol–water partition coefficient (Wildman–Crippen LogP) is 4.34. The van der Waals surface area contributed by atoms with Crippen molar-refractivity contribution >= 4 is 39.6 Å². The summed E-state index contributed by atoms with van der Waals surface area (Å²) in [5.74, 6) is 0.145. The zero-order chi connectivity index (χ0) is 23.5. The van der Waals surface area contributed by atoms with Crippen molar-refractivity contribution in [1.82, 2.24) is 0 Å². The van der Waals surface area contributed by atoms with E-state index in [-0.39, 0.29) is 18.8 Å². The van der Waals surface area contributed by atoms with Gasteiger partial charge in [-0.05, 0) is 65.7 Å². The van der Waals surface area contributed by atoms with Gasteiger partial charge in [0.05, 0.1) is 24.8 Å². The molecule has 0 atom stereocenters. The van der Waals surface area contributed by atoms with Gasteiger partial charge in [-0.2, -0.15) is 5.26 Å². The summed E-state index contributed by atoms with van der Waals surface area (Å²) in [6, 6.07) is 12.0. The third kappa shape index (κ3) is 7.03. The molecule has 0 aliphatic rings. The highest BCUT2D eigenvalue weighted by Gasteiger charge is 2.15. The Kier molecular flexibility index (Phi) is 9.57. The standard InChI is InChI=1S/C23H23BrN2O6/c1-4-30-18-8-6-7-17(12-18)26-23(28)16(13-25)9-15-10-19(24)22(20(11-15)29-3)32-14-21(27)31-5-2/h6-12H,4-5,14H2,1-3H3,(H,26,28)/b16-9-. The average Bonchev–Trinajstić information content (AvgIpc) is 2.77. The Morgan fingerprint density at radius 2 is 1.94 bits per heavy atom. The van der Waals surface area contributed by atoms with Crippen molar-refractivity contribution in [3.05, 3.63) is 52.0 Å². The van der Waals surface area contributed by atoms with Crippen molar-refractivity contribution in [2.75, 3.05) is 32.2 Å². The number of benzene rings is 2. The Hall–Kier alpha value is -3.51. The van der Waals surface area contributed by atoms with Gasteiger partial charge in [-0.3, -0.25) is 4.79 Å². The third-order valence-electron chi connectivity index (χ3n) is 3.97. The van der Waals surface area contributed by atoms with Gasteiger partial charge in [0.1, 0.15) is 17.4 Å². The molecule has 0 aliphatic heterocycles. The van der Waals surface area contributed by atoms with E-state index in [0.717, 1.165) is 0 Å². The summed E-state index contributed by atoms with van der Waals surface area (Å²) in [5, 5.41) is 12.2. The maximum Gasteiger partial charge on any atom is 0.344 e. The molecule has 2 rings (SSSR count). The fraction of sp³-hybridized carbons (Fsp3) is 0.261. The van der Waals surface area contributed by atoms with Crippen molar-refractivity contribution in [3.63, 3.8) is 0 Å². The second-order valence-corrected chi connectivity index (χ2v) is 7.07. The largest absolute Gasteiger partial charge is 0.494 e. The summed E-state index contributed by atoms with van der Waals surface area (Å²) in [7, 11) is 1.44. The first-order chi connectivity index (χ1) is 15.4. The van der Waals surface area contributed by atoms with E-state index in [2.05, 4.69) is 21.2 Å². The first kappa shape index (κ1) is 24.8. The highest BCUT2D eigenvalue weighted by Crippen LogP contribution is 2.37. The molecule has 0 spiro atoms. The number of esters is 1. The molecular formula is C23H23BrN2O6. The molecule has 32 heavy (non-hydrogen) atoms. The minimum atomic E-state index is -0.570. The number of ether oxygens (including phenoxy) is 4. The van der Waals surface area contributed by atoms with Gasteiger partial charge < -0.3 is 24.3 Å². The average molecular weight is 503 g/mol. The van der Waals surface area contributed by atoms with Crippen LogP contribution in [0.15, 0.2) is 46.4 Å². The Labute approximate surface area is 194 Å². The molecule has 0 radical (unpaired) electrons. The van der Waals surface area contributed by atoms with E-state index >= 15 is 0 Å². The van der Waals surface area contributed by atoms with Crippen LogP contribution in [-0.4, -0.2) is 38.8 Å². The quantitative estimate of drug-likeness (QED) is 0.292. The van der Waals surface area contributed by atoms with Crippen LogP contribution in [0.5, 0.6) is 17.2 Å². The minimum Gasteiger partial charge on any atom is -0.494 e. The smallest absolute Gasteiger partial charge is 0.344 e. The zero-order valence-corrected chi connectivity index (χ0v) is 19.5. The molecule has 0 bridgehead atoms. The zero-order valence-electron chi connectivity index (χ0n) is 17.9. The van der Waals surface area contributed by atoms with Crippen LogP contribution in [0.25, 0.3) is 6.08 Å². The van der Waals surface area contributed by atoms with E-state index in [9.17, 15) is 14.9 Å². The lowest BCUT2D eigenvalue weighted by Crippen LogP contribution is -2.15. The van der Waals surface area contributed by atoms with Gasteiger partial charge in [0, 0.05) is 11.8 Å². The first-order valence-corrected chi connectivity index (χ1v) is 10.5. The van der Waals surface area contributed by atoms with E-state index in [1.54, 1.807) is 43.3 Å². The summed E-state index contributed by atoms with van der Waals surface area (Å²) < 4.78 is 21.6. The van der Waals surface area contributed by atoms with Crippen molar-refractivity contribution in [2.24, 2.45) is 0 Å². The van der Waals surface area contributed by atoms with E-state index < -0.39 is 11.9 Å². The van der Waals surface area contributed by atoms with Crippen molar-refractivity contribution in [3.8, 4) is 23.3 Å². The van der Waals surface area contributed by atoms with Crippen molar-refractivity contribution in [1.29, 1.82) is 5.26 Å². The van der Waals surface area contributed by atoms with Gasteiger partial charge in [-0.15, -0.1) is 0 Å². The molecule has 1 N–H and O–H groups in total. The van der Waals surface area contributed by atoms with Crippen LogP contribution in [0.2, 0.25) is 0 Å². The van der Waals surface area contributed by atoms with Gasteiger partial charge in [0.15, 0.2) is 18.1 Å². The van der Waals surface area contributed by atoms with Crippen LogP contribution in [0.4, 0.5) is 5.69 Å². The number of carbonyl (C=O) groups is 2. The summed E-state index contributed by atoms with van der Waals surface area (Å²) in [4.78, 5) is 24.2. The number of nitrogens with one attached hydrogen (secondary N) is 1. The molecule has 0 saturated heterocycles. The van der Waals surface area contributed by atoms with E-state index in [0.29, 0.717) is 39.6 Å². The molecule has 168 valence electrons. The molecule has 0 aromatic heterocycles. The number of hydrogen-bond acceptors (Lipinski definition) is 7. The van der Waals surface area contributed by atoms with Gasteiger partial charge in [-0.25, -0.2) is 4.79 Å². The number of hydrogen-bond donors (Lipinski definition) is 1. The molecule has 0 saturated carbocycles. The van der Waals surface area contributed by atoms with Gasteiger partial charge in [-0.1, -0.05) is 6.07 Å². The molecule has 2 aromatic carbocycles. The lowest BCUT2D eigenvalue weighted by molar-refractivity contribution is -0.145. The van der Waals surface area contributed by atoms with E-state index in [1.165, 1.54) is 13.2 Å². The third-order valence-corrected chi connectivity index (χ3v) is 4.56. The van der Waals surface area contributed by atoms with Crippen LogP contribution in [0, 0.1) is 11.3 Å². The van der Waals surface area contributed by atoms with Gasteiger partial charge >= 0.3 is 5.97 Å². The van der Waals surface area contributed by atoms with Gasteiger partial charge in [0.2, 0.25) is 0 Å². The Morgan fingerprint density at radius 3 is 2.59 bits per heavy atom. The molecule has 0 unspecified atom stereocenters. The van der Waals surface area contributed by atoms with Crippen LogP contribution in [0.3, 0.4) is 0 Å². The predicted molar refractivity (Wildman–Crippen MR) is 123 cm³/mol. The van der Waals surface area contributed by atoms with Crippen LogP contribution >= 0.6 is 15.9 Å². The fourth-order valence-corrected chi connectivity index (χ4v) is 3.22. The summed E-state index contributed by atoms with van der Waals surface area (Å²) in [6.07, 6.45) is 1.42. The first-order valence-electron chi connectivity index (χ1n) is 9.73. The highest BCUT2D eigenvalue weighted by atomic mass is 79.9. The molecule has 2 aromatic rings. The molecule has 0 aliphatic carbocycles. The summed E-state index contributed by atoms with van der Waals surface area (Å²) in [6.45, 7) is 4.02. The topological polar surface area (TPSA) is 107 Å². The number of halogens is 1. The summed E-state index contributed by atoms with van der Waals surface area (Å²) >= 11 is 3.37. The number of nitrogens with zero attached hydrogens (tertiary/aromatic N) is 1. The molecular weight excluding hydrogens is 480 g/mol. The number of nitriles is 1. The normalized spacial score (nSPS) is 10.7. The monoisotopic (exact) mass is 502 g/mol. The molecule has 9 heteroatoms. The number of carbonyl (C=O) groups excluding carboxylic acids is 2. The van der Waals surface area contributed by atoms with Crippen molar-refractivity contribution in [2.45, 2.75) is 13.8 Å². The number of rotatable bonds is 10. The van der Waals surface area contributed by atoms with Crippen molar-refractivity contribution < 1.29 is 28.5 Å². The van der Waals surface area contributed by atoms with E-state index in [4.69, 9.17) is 18.9 Å².